The summed E-state index contributed by atoms with van der Waals surface area (Å²) >= 11 is 1.76. The number of thioether (sulfide) groups is 1. The zero-order valence-corrected chi connectivity index (χ0v) is 14.4. The lowest BCUT2D eigenvalue weighted by molar-refractivity contribution is 0.251. The molecule has 21 heavy (non-hydrogen) atoms. The summed E-state index contributed by atoms with van der Waals surface area (Å²) < 4.78 is 1.77. The summed E-state index contributed by atoms with van der Waals surface area (Å²) in [7, 11) is 2.04. The molecule has 1 aromatic heterocycles. The van der Waals surface area contributed by atoms with Crippen LogP contribution in [0.2, 0.25) is 0 Å². The second kappa shape index (κ2) is 7.49. The van der Waals surface area contributed by atoms with E-state index in [1.165, 1.54) is 19.3 Å². The summed E-state index contributed by atoms with van der Waals surface area (Å²) in [6.45, 7) is 7.45. The first-order valence-corrected chi connectivity index (χ1v) is 8.93. The number of rotatable bonds is 6. The van der Waals surface area contributed by atoms with Gasteiger partial charge in [0.15, 0.2) is 5.16 Å². The number of H-pyrrole nitrogens is 1. The quantitative estimate of drug-likeness (QED) is 0.847. The van der Waals surface area contributed by atoms with E-state index in [4.69, 9.17) is 0 Å². The van der Waals surface area contributed by atoms with Crippen LogP contribution in [0.25, 0.3) is 0 Å². The Morgan fingerprint density at radius 2 is 2.24 bits per heavy atom. The average Bonchev–Trinajstić information content (AvgIpc) is 2.80. The van der Waals surface area contributed by atoms with Gasteiger partial charge in [0, 0.05) is 17.8 Å². The number of aromatic amines is 1. The van der Waals surface area contributed by atoms with Crippen LogP contribution in [-0.4, -0.2) is 33.1 Å². The molecule has 0 amide bonds. The predicted molar refractivity (Wildman–Crippen MR) is 87.8 cm³/mol. The highest BCUT2D eigenvalue weighted by atomic mass is 32.2. The van der Waals surface area contributed by atoms with E-state index >= 15 is 0 Å². The Bertz CT molecular complexity index is 496. The van der Waals surface area contributed by atoms with Crippen LogP contribution < -0.4 is 11.0 Å². The molecule has 2 rings (SSSR count). The Balaban J connectivity index is 2.13. The van der Waals surface area contributed by atoms with Gasteiger partial charge in [0.05, 0.1) is 0 Å². The van der Waals surface area contributed by atoms with Crippen LogP contribution in [0.15, 0.2) is 9.95 Å². The Morgan fingerprint density at radius 3 is 2.86 bits per heavy atom. The van der Waals surface area contributed by atoms with E-state index in [2.05, 4.69) is 36.3 Å². The van der Waals surface area contributed by atoms with Crippen molar-refractivity contribution in [3.05, 3.63) is 10.5 Å². The maximum Gasteiger partial charge on any atom is 0.343 e. The molecule has 1 aromatic rings. The van der Waals surface area contributed by atoms with Gasteiger partial charge in [-0.1, -0.05) is 32.5 Å². The van der Waals surface area contributed by atoms with Crippen LogP contribution >= 0.6 is 11.8 Å². The molecule has 2 N–H and O–H groups in total. The molecule has 1 heterocycles. The highest BCUT2D eigenvalue weighted by Gasteiger charge is 2.32. The van der Waals surface area contributed by atoms with Gasteiger partial charge in [-0.25, -0.2) is 9.89 Å². The largest absolute Gasteiger partial charge is 0.343 e. The van der Waals surface area contributed by atoms with Crippen molar-refractivity contribution in [3.63, 3.8) is 0 Å². The minimum Gasteiger partial charge on any atom is -0.316 e. The van der Waals surface area contributed by atoms with Gasteiger partial charge in [0.1, 0.15) is 0 Å². The zero-order chi connectivity index (χ0) is 15.4. The van der Waals surface area contributed by atoms with Crippen molar-refractivity contribution in [3.8, 4) is 0 Å². The van der Waals surface area contributed by atoms with Crippen LogP contribution in [-0.2, 0) is 6.54 Å². The van der Waals surface area contributed by atoms with Gasteiger partial charge in [0.2, 0.25) is 0 Å². The van der Waals surface area contributed by atoms with Gasteiger partial charge in [-0.3, -0.25) is 4.57 Å². The molecule has 120 valence electrons. The summed E-state index contributed by atoms with van der Waals surface area (Å²) in [4.78, 5) is 11.8. The van der Waals surface area contributed by atoms with Crippen molar-refractivity contribution >= 4 is 11.8 Å². The Kier molecular flexibility index (Phi) is 5.93. The lowest BCUT2D eigenvalue weighted by Gasteiger charge is -2.37. The number of hydrogen-bond donors (Lipinski definition) is 2. The molecule has 3 atom stereocenters. The second-order valence-electron chi connectivity index (χ2n) is 6.33. The molecule has 1 fully saturated rings. The van der Waals surface area contributed by atoms with Crippen molar-refractivity contribution in [1.29, 1.82) is 0 Å². The highest BCUT2D eigenvalue weighted by Crippen LogP contribution is 2.38. The second-order valence-corrected chi connectivity index (χ2v) is 7.54. The monoisotopic (exact) mass is 312 g/mol. The lowest BCUT2D eigenvalue weighted by Crippen LogP contribution is -2.41. The first-order chi connectivity index (χ1) is 10.1. The normalized spacial score (nSPS) is 26.4. The first kappa shape index (κ1) is 16.6. The molecule has 0 aromatic carbocycles. The van der Waals surface area contributed by atoms with E-state index in [9.17, 15) is 4.79 Å². The third-order valence-corrected chi connectivity index (χ3v) is 5.92. The third kappa shape index (κ3) is 3.92. The van der Waals surface area contributed by atoms with Gasteiger partial charge in [-0.05, 0) is 44.6 Å². The SMILES string of the molecule is CCCn1c(SC2CC(C(C)C)CCC2NC)n[nH]c1=O. The molecular formula is C15H28N4OS. The van der Waals surface area contributed by atoms with E-state index in [1.807, 2.05) is 7.05 Å². The van der Waals surface area contributed by atoms with Crippen molar-refractivity contribution < 1.29 is 0 Å². The van der Waals surface area contributed by atoms with E-state index in [0.717, 1.165) is 30.0 Å². The van der Waals surface area contributed by atoms with E-state index in [0.29, 0.717) is 11.3 Å². The van der Waals surface area contributed by atoms with Crippen LogP contribution in [0.1, 0.15) is 46.5 Å². The number of aromatic nitrogens is 3. The Hall–Kier alpha value is -0.750. The van der Waals surface area contributed by atoms with Gasteiger partial charge >= 0.3 is 5.69 Å². The maximum atomic E-state index is 11.8. The number of nitrogens with one attached hydrogen (secondary N) is 2. The summed E-state index contributed by atoms with van der Waals surface area (Å²) in [5.41, 5.74) is -0.0865. The van der Waals surface area contributed by atoms with Gasteiger partial charge in [-0.15, -0.1) is 5.10 Å². The van der Waals surface area contributed by atoms with Crippen LogP contribution in [0.5, 0.6) is 0 Å². The molecule has 1 aliphatic carbocycles. The lowest BCUT2D eigenvalue weighted by atomic mass is 9.79. The minimum absolute atomic E-state index is 0.0865. The first-order valence-electron chi connectivity index (χ1n) is 8.05. The molecule has 1 saturated carbocycles. The molecule has 3 unspecified atom stereocenters. The molecule has 0 spiro atoms. The zero-order valence-electron chi connectivity index (χ0n) is 13.6. The third-order valence-electron chi connectivity index (χ3n) is 4.57. The van der Waals surface area contributed by atoms with Crippen molar-refractivity contribution in [2.24, 2.45) is 11.8 Å². The number of hydrogen-bond acceptors (Lipinski definition) is 4. The van der Waals surface area contributed by atoms with Crippen molar-refractivity contribution in [1.82, 2.24) is 20.1 Å². The Labute approximate surface area is 131 Å². The van der Waals surface area contributed by atoms with E-state index < -0.39 is 0 Å². The van der Waals surface area contributed by atoms with E-state index in [1.54, 1.807) is 16.3 Å². The minimum atomic E-state index is -0.0865. The summed E-state index contributed by atoms with van der Waals surface area (Å²) in [6, 6.07) is 0.506. The number of nitrogens with zero attached hydrogens (tertiary/aromatic N) is 2. The molecular weight excluding hydrogens is 284 g/mol. The predicted octanol–water partition coefficient (Wildman–Crippen LogP) is 2.49. The van der Waals surface area contributed by atoms with Crippen LogP contribution in [0.3, 0.4) is 0 Å². The highest BCUT2D eigenvalue weighted by molar-refractivity contribution is 7.99. The molecule has 6 heteroatoms. The summed E-state index contributed by atoms with van der Waals surface area (Å²) in [6.07, 6.45) is 4.64. The fourth-order valence-corrected chi connectivity index (χ4v) is 4.63. The van der Waals surface area contributed by atoms with Crippen molar-refractivity contribution in [2.45, 2.75) is 69.4 Å². The molecule has 0 bridgehead atoms. The molecule has 5 nitrogen and oxygen atoms in total. The molecule has 1 aliphatic rings. The standard InChI is InChI=1S/C15H28N4OS/c1-5-8-19-14(20)17-18-15(19)21-13-9-11(10(2)3)6-7-12(13)16-4/h10-13,16H,5-9H2,1-4H3,(H,17,20). The molecule has 0 radical (unpaired) electrons. The van der Waals surface area contributed by atoms with Gasteiger partial charge in [0.25, 0.3) is 0 Å². The van der Waals surface area contributed by atoms with Crippen molar-refractivity contribution in [2.75, 3.05) is 7.05 Å². The van der Waals surface area contributed by atoms with Gasteiger partial charge in [-0.2, -0.15) is 0 Å². The maximum absolute atomic E-state index is 11.8. The van der Waals surface area contributed by atoms with E-state index in [-0.39, 0.29) is 5.69 Å². The van der Waals surface area contributed by atoms with Crippen LogP contribution in [0.4, 0.5) is 0 Å². The summed E-state index contributed by atoms with van der Waals surface area (Å²) in [5.74, 6) is 1.50. The Morgan fingerprint density at radius 1 is 1.48 bits per heavy atom. The smallest absolute Gasteiger partial charge is 0.316 e. The fraction of sp³-hybridized carbons (Fsp3) is 0.867. The topological polar surface area (TPSA) is 62.7 Å². The molecule has 0 saturated heterocycles. The fourth-order valence-electron chi connectivity index (χ4n) is 3.18. The van der Waals surface area contributed by atoms with Gasteiger partial charge < -0.3 is 5.32 Å². The summed E-state index contributed by atoms with van der Waals surface area (Å²) in [5, 5.41) is 11.6. The molecule has 0 aliphatic heterocycles. The average molecular weight is 312 g/mol. The van der Waals surface area contributed by atoms with Crippen LogP contribution in [0, 0.1) is 11.8 Å².